The molecule has 0 fully saturated rings. The highest BCUT2D eigenvalue weighted by molar-refractivity contribution is 14.1. The molecular formula is C18H21IN2O2. The lowest BCUT2D eigenvalue weighted by molar-refractivity contribution is 0.346. The van der Waals surface area contributed by atoms with E-state index in [0.29, 0.717) is 23.0 Å². The molecule has 5 heteroatoms. The number of aromatic nitrogens is 2. The molecule has 1 heterocycles. The first-order chi connectivity index (χ1) is 11.1. The van der Waals surface area contributed by atoms with Gasteiger partial charge in [-0.15, -0.1) is 4.73 Å². The SMILES string of the molecule is C=Cc1nc(C2=CC=CC(C)C=C2)c(=O)n(OI)c1C=C.CC. The summed E-state index contributed by atoms with van der Waals surface area (Å²) < 4.78 is 6.31. The summed E-state index contributed by atoms with van der Waals surface area (Å²) in [5, 5.41) is 0. The van der Waals surface area contributed by atoms with Crippen LogP contribution >= 0.6 is 23.0 Å². The monoisotopic (exact) mass is 424 g/mol. The van der Waals surface area contributed by atoms with Crippen molar-refractivity contribution in [3.8, 4) is 0 Å². The van der Waals surface area contributed by atoms with Crippen LogP contribution in [0.3, 0.4) is 0 Å². The number of rotatable bonds is 4. The van der Waals surface area contributed by atoms with Crippen LogP contribution < -0.4 is 8.73 Å². The molecule has 1 unspecified atom stereocenters. The van der Waals surface area contributed by atoms with Crippen molar-refractivity contribution in [1.82, 2.24) is 9.71 Å². The van der Waals surface area contributed by atoms with Crippen molar-refractivity contribution in [2.45, 2.75) is 20.8 Å². The topological polar surface area (TPSA) is 44.1 Å². The fourth-order valence-electron chi connectivity index (χ4n) is 2.00. The van der Waals surface area contributed by atoms with E-state index in [4.69, 9.17) is 3.17 Å². The molecule has 1 aromatic heterocycles. The van der Waals surface area contributed by atoms with Crippen molar-refractivity contribution in [3.63, 3.8) is 0 Å². The van der Waals surface area contributed by atoms with Gasteiger partial charge in [-0.3, -0.25) is 4.79 Å². The summed E-state index contributed by atoms with van der Waals surface area (Å²) in [6.07, 6.45) is 12.8. The van der Waals surface area contributed by atoms with Gasteiger partial charge in [0.05, 0.1) is 5.69 Å². The Hall–Kier alpha value is -1.89. The lowest BCUT2D eigenvalue weighted by Crippen LogP contribution is -2.29. The number of hydrogen-bond donors (Lipinski definition) is 0. The minimum absolute atomic E-state index is 0.313. The lowest BCUT2D eigenvalue weighted by Gasteiger charge is -2.11. The second kappa shape index (κ2) is 9.29. The molecule has 0 bridgehead atoms. The largest absolute Gasteiger partial charge is 0.342 e. The van der Waals surface area contributed by atoms with Gasteiger partial charge < -0.3 is 3.17 Å². The van der Waals surface area contributed by atoms with E-state index < -0.39 is 0 Å². The molecule has 23 heavy (non-hydrogen) atoms. The maximum atomic E-state index is 12.5. The zero-order valence-corrected chi connectivity index (χ0v) is 15.8. The summed E-state index contributed by atoms with van der Waals surface area (Å²) in [7, 11) is 0. The first-order valence-electron chi connectivity index (χ1n) is 7.40. The van der Waals surface area contributed by atoms with E-state index in [0.717, 1.165) is 5.57 Å². The van der Waals surface area contributed by atoms with Gasteiger partial charge in [-0.05, 0) is 18.1 Å². The Kier molecular flexibility index (Phi) is 7.74. The van der Waals surface area contributed by atoms with Crippen LogP contribution in [0.25, 0.3) is 17.7 Å². The van der Waals surface area contributed by atoms with Crippen LogP contribution in [-0.4, -0.2) is 9.71 Å². The van der Waals surface area contributed by atoms with E-state index in [2.05, 4.69) is 25.1 Å². The quantitative estimate of drug-likeness (QED) is 0.670. The summed E-state index contributed by atoms with van der Waals surface area (Å²) in [5.41, 5.74) is 1.76. The van der Waals surface area contributed by atoms with Crippen molar-refractivity contribution >= 4 is 40.7 Å². The van der Waals surface area contributed by atoms with E-state index in [1.807, 2.05) is 44.2 Å². The van der Waals surface area contributed by atoms with E-state index in [1.54, 1.807) is 29.1 Å². The molecule has 0 saturated heterocycles. The predicted octanol–water partition coefficient (Wildman–Crippen LogP) is 4.48. The van der Waals surface area contributed by atoms with Gasteiger partial charge in [0.15, 0.2) is 0 Å². The average Bonchev–Trinajstić information content (AvgIpc) is 2.80. The third-order valence-electron chi connectivity index (χ3n) is 3.10. The molecule has 1 aliphatic rings. The molecule has 0 aromatic carbocycles. The maximum Gasteiger partial charge on any atom is 0.310 e. The van der Waals surface area contributed by atoms with Crippen molar-refractivity contribution in [2.75, 3.05) is 0 Å². The summed E-state index contributed by atoms with van der Waals surface area (Å²) in [6, 6.07) is 0. The molecule has 2 rings (SSSR count). The van der Waals surface area contributed by atoms with E-state index in [9.17, 15) is 4.79 Å². The Balaban J connectivity index is 0.00000127. The summed E-state index contributed by atoms with van der Waals surface area (Å²) in [6.45, 7) is 13.5. The minimum Gasteiger partial charge on any atom is -0.342 e. The van der Waals surface area contributed by atoms with Gasteiger partial charge in [-0.2, -0.15) is 0 Å². The highest BCUT2D eigenvalue weighted by Gasteiger charge is 2.16. The first kappa shape index (κ1) is 19.2. The van der Waals surface area contributed by atoms with Crippen molar-refractivity contribution in [2.24, 2.45) is 5.92 Å². The Labute approximate surface area is 151 Å². The van der Waals surface area contributed by atoms with E-state index >= 15 is 0 Å². The number of nitrogens with zero attached hydrogens (tertiary/aromatic N) is 2. The zero-order chi connectivity index (χ0) is 17.4. The third kappa shape index (κ3) is 4.31. The van der Waals surface area contributed by atoms with Gasteiger partial charge in [0.1, 0.15) is 11.4 Å². The van der Waals surface area contributed by atoms with Crippen LogP contribution in [0.5, 0.6) is 0 Å². The Morgan fingerprint density at radius 3 is 2.57 bits per heavy atom. The van der Waals surface area contributed by atoms with E-state index in [1.165, 1.54) is 10.8 Å². The molecule has 122 valence electrons. The molecule has 0 radical (unpaired) electrons. The Morgan fingerprint density at radius 2 is 2.00 bits per heavy atom. The van der Waals surface area contributed by atoms with Gasteiger partial charge in [0.25, 0.3) is 0 Å². The molecule has 1 aromatic rings. The van der Waals surface area contributed by atoms with Gasteiger partial charge in [-0.1, -0.05) is 64.3 Å². The summed E-state index contributed by atoms with van der Waals surface area (Å²) in [4.78, 5) is 16.9. The molecule has 0 saturated carbocycles. The van der Waals surface area contributed by atoms with Crippen molar-refractivity contribution < 1.29 is 3.17 Å². The smallest absolute Gasteiger partial charge is 0.310 e. The van der Waals surface area contributed by atoms with Gasteiger partial charge >= 0.3 is 5.56 Å². The van der Waals surface area contributed by atoms with Crippen LogP contribution in [-0.2, 0) is 0 Å². The number of hydrogen-bond acceptors (Lipinski definition) is 3. The predicted molar refractivity (Wildman–Crippen MR) is 106 cm³/mol. The first-order valence-corrected chi connectivity index (χ1v) is 8.28. The lowest BCUT2D eigenvalue weighted by atomic mass is 10.1. The molecule has 0 N–H and O–H groups in total. The van der Waals surface area contributed by atoms with Crippen LogP contribution in [0, 0.1) is 5.92 Å². The summed E-state index contributed by atoms with van der Waals surface area (Å²) in [5.74, 6) is 0.313. The molecule has 4 nitrogen and oxygen atoms in total. The van der Waals surface area contributed by atoms with E-state index in [-0.39, 0.29) is 5.56 Å². The standard InChI is InChI=1S/C16H15IN2O2.C2H6/c1-4-13-14(5-2)19(21-17)16(20)15(18-13)12-8-6-7-11(3)9-10-12;1-2/h4-11H,1-2H2,3H3;1-2H3. The Bertz CT molecular complexity index is 727. The molecule has 0 aliphatic heterocycles. The van der Waals surface area contributed by atoms with Gasteiger partial charge in [0.2, 0.25) is 23.0 Å². The second-order valence-electron chi connectivity index (χ2n) is 4.53. The zero-order valence-electron chi connectivity index (χ0n) is 13.6. The van der Waals surface area contributed by atoms with Crippen LogP contribution in [0.2, 0.25) is 0 Å². The fourth-order valence-corrected chi connectivity index (χ4v) is 2.39. The average molecular weight is 424 g/mol. The van der Waals surface area contributed by atoms with Crippen LogP contribution in [0.15, 0.2) is 48.3 Å². The summed E-state index contributed by atoms with van der Waals surface area (Å²) >= 11 is 1.66. The molecule has 0 amide bonds. The van der Waals surface area contributed by atoms with Gasteiger partial charge in [0, 0.05) is 5.57 Å². The van der Waals surface area contributed by atoms with Crippen molar-refractivity contribution in [1.29, 1.82) is 0 Å². The fraction of sp³-hybridized carbons (Fsp3) is 0.222. The molecular weight excluding hydrogens is 403 g/mol. The second-order valence-corrected chi connectivity index (χ2v) is 4.93. The number of allylic oxidation sites excluding steroid dienone is 6. The molecule has 1 aliphatic carbocycles. The molecule has 1 atom stereocenters. The normalized spacial score (nSPS) is 15.8. The highest BCUT2D eigenvalue weighted by atomic mass is 127. The number of halogens is 1. The van der Waals surface area contributed by atoms with Crippen molar-refractivity contribution in [3.05, 3.63) is 71.0 Å². The van der Waals surface area contributed by atoms with Crippen LogP contribution in [0.4, 0.5) is 0 Å². The third-order valence-corrected chi connectivity index (χ3v) is 3.49. The van der Waals surface area contributed by atoms with Crippen LogP contribution in [0.1, 0.15) is 37.9 Å². The maximum absolute atomic E-state index is 12.5. The molecule has 0 spiro atoms. The Morgan fingerprint density at radius 1 is 1.30 bits per heavy atom. The highest BCUT2D eigenvalue weighted by Crippen LogP contribution is 2.18. The van der Waals surface area contributed by atoms with Gasteiger partial charge in [-0.25, -0.2) is 4.98 Å². The minimum atomic E-state index is -0.330.